The van der Waals surface area contributed by atoms with Crippen molar-refractivity contribution in [2.45, 2.75) is 26.3 Å². The summed E-state index contributed by atoms with van der Waals surface area (Å²) in [6.07, 6.45) is 2.82. The highest BCUT2D eigenvalue weighted by Gasteiger charge is 2.15. The van der Waals surface area contributed by atoms with E-state index >= 15 is 0 Å². The van der Waals surface area contributed by atoms with E-state index in [1.165, 1.54) is 0 Å². The van der Waals surface area contributed by atoms with E-state index in [9.17, 15) is 0 Å². The van der Waals surface area contributed by atoms with Gasteiger partial charge in [0.2, 0.25) is 5.95 Å². The van der Waals surface area contributed by atoms with Crippen LogP contribution in [0.25, 0.3) is 21.9 Å². The third-order valence-corrected chi connectivity index (χ3v) is 3.48. The molecule has 18 heavy (non-hydrogen) atoms. The van der Waals surface area contributed by atoms with Crippen molar-refractivity contribution in [2.24, 2.45) is 0 Å². The smallest absolute Gasteiger partial charge is 0.201 e. The van der Waals surface area contributed by atoms with Crippen LogP contribution in [0.2, 0.25) is 0 Å². The maximum Gasteiger partial charge on any atom is 0.201 e. The third kappa shape index (κ3) is 1.45. The van der Waals surface area contributed by atoms with Gasteiger partial charge in [-0.05, 0) is 19.4 Å². The molecule has 0 aliphatic carbocycles. The van der Waals surface area contributed by atoms with Gasteiger partial charge in [-0.1, -0.05) is 25.1 Å². The summed E-state index contributed by atoms with van der Waals surface area (Å²) in [4.78, 5) is 8.83. The fourth-order valence-electron chi connectivity index (χ4n) is 2.37. The molecule has 4 nitrogen and oxygen atoms in total. The second kappa shape index (κ2) is 3.98. The van der Waals surface area contributed by atoms with Crippen LogP contribution in [0.4, 0.5) is 5.95 Å². The number of benzene rings is 1. The molecule has 0 bridgehead atoms. The number of hydrogen-bond acceptors (Lipinski definition) is 3. The lowest BCUT2D eigenvalue weighted by Gasteiger charge is -2.14. The first kappa shape index (κ1) is 11.0. The first-order valence-electron chi connectivity index (χ1n) is 6.23. The Balaban J connectivity index is 2.47. The van der Waals surface area contributed by atoms with E-state index in [1.807, 2.05) is 18.2 Å². The summed E-state index contributed by atoms with van der Waals surface area (Å²) in [7, 11) is 0. The van der Waals surface area contributed by atoms with E-state index in [0.717, 1.165) is 28.4 Å². The molecule has 3 rings (SSSR count). The molecule has 3 aromatic rings. The maximum atomic E-state index is 6.04. The summed E-state index contributed by atoms with van der Waals surface area (Å²) >= 11 is 0. The Kier molecular flexibility index (Phi) is 2.44. The number of hydrogen-bond donors (Lipinski definition) is 1. The topological polar surface area (TPSA) is 56.7 Å². The second-order valence-electron chi connectivity index (χ2n) is 4.61. The molecule has 0 saturated heterocycles. The molecule has 0 amide bonds. The van der Waals surface area contributed by atoms with Crippen LogP contribution in [0.15, 0.2) is 30.5 Å². The minimum absolute atomic E-state index is 0.334. The molecular formula is C14H16N4. The van der Waals surface area contributed by atoms with Crippen LogP contribution >= 0.6 is 0 Å². The van der Waals surface area contributed by atoms with Crippen LogP contribution in [0, 0.1) is 0 Å². The van der Waals surface area contributed by atoms with E-state index in [0.29, 0.717) is 12.0 Å². The number of para-hydroxylation sites is 1. The maximum absolute atomic E-state index is 6.04. The Hall–Kier alpha value is -2.10. The van der Waals surface area contributed by atoms with Gasteiger partial charge in [-0.3, -0.25) is 4.98 Å². The van der Waals surface area contributed by atoms with E-state index in [4.69, 9.17) is 5.73 Å². The number of pyridine rings is 1. The molecule has 4 heteroatoms. The SMILES string of the molecule is CCC(C)n1c(N)nc2cnc3ccccc3c21. The fraction of sp³-hybridized carbons (Fsp3) is 0.286. The molecule has 0 aliphatic rings. The minimum atomic E-state index is 0.334. The fourth-order valence-corrected chi connectivity index (χ4v) is 2.37. The number of nitrogens with two attached hydrogens (primary N) is 1. The Bertz CT molecular complexity index is 714. The van der Waals surface area contributed by atoms with Crippen molar-refractivity contribution in [1.82, 2.24) is 14.5 Å². The first-order chi connectivity index (χ1) is 8.72. The number of rotatable bonds is 2. The van der Waals surface area contributed by atoms with Gasteiger partial charge >= 0.3 is 0 Å². The summed E-state index contributed by atoms with van der Waals surface area (Å²) in [6, 6.07) is 8.44. The van der Waals surface area contributed by atoms with Crippen LogP contribution in [-0.2, 0) is 0 Å². The van der Waals surface area contributed by atoms with Gasteiger partial charge in [0, 0.05) is 11.4 Å². The lowest BCUT2D eigenvalue weighted by Crippen LogP contribution is -2.08. The van der Waals surface area contributed by atoms with Crippen LogP contribution in [0.1, 0.15) is 26.3 Å². The largest absolute Gasteiger partial charge is 0.369 e. The lowest BCUT2D eigenvalue weighted by molar-refractivity contribution is 0.552. The summed E-state index contributed by atoms with van der Waals surface area (Å²) < 4.78 is 2.11. The Morgan fingerprint density at radius 3 is 2.83 bits per heavy atom. The van der Waals surface area contributed by atoms with Crippen molar-refractivity contribution in [3.8, 4) is 0 Å². The molecule has 0 fully saturated rings. The van der Waals surface area contributed by atoms with E-state index in [1.54, 1.807) is 6.20 Å². The minimum Gasteiger partial charge on any atom is -0.369 e. The van der Waals surface area contributed by atoms with E-state index < -0.39 is 0 Å². The van der Waals surface area contributed by atoms with Crippen molar-refractivity contribution in [2.75, 3.05) is 5.73 Å². The van der Waals surface area contributed by atoms with Gasteiger partial charge in [0.05, 0.1) is 17.2 Å². The molecule has 1 atom stereocenters. The second-order valence-corrected chi connectivity index (χ2v) is 4.61. The predicted molar refractivity (Wildman–Crippen MR) is 74.4 cm³/mol. The number of imidazole rings is 1. The molecule has 0 saturated carbocycles. The highest BCUT2D eigenvalue weighted by Crippen LogP contribution is 2.29. The van der Waals surface area contributed by atoms with Crippen molar-refractivity contribution >= 4 is 27.9 Å². The van der Waals surface area contributed by atoms with E-state index in [2.05, 4.69) is 34.4 Å². The van der Waals surface area contributed by atoms with Crippen molar-refractivity contribution in [3.63, 3.8) is 0 Å². The van der Waals surface area contributed by atoms with Gasteiger partial charge < -0.3 is 10.3 Å². The molecule has 0 radical (unpaired) electrons. The van der Waals surface area contributed by atoms with Crippen LogP contribution in [-0.4, -0.2) is 14.5 Å². The standard InChI is InChI=1S/C14H16N4/c1-3-9(2)18-13-10-6-4-5-7-11(10)16-8-12(13)17-14(18)15/h4-9H,3H2,1-2H3,(H2,15,17). The Labute approximate surface area is 105 Å². The number of fused-ring (bicyclic) bond motifs is 3. The highest BCUT2D eigenvalue weighted by atomic mass is 15.2. The summed E-state index contributed by atoms with van der Waals surface area (Å²) in [5, 5.41) is 1.11. The van der Waals surface area contributed by atoms with Crippen molar-refractivity contribution < 1.29 is 0 Å². The average Bonchev–Trinajstić information content (AvgIpc) is 2.74. The average molecular weight is 240 g/mol. The zero-order chi connectivity index (χ0) is 12.7. The van der Waals surface area contributed by atoms with Crippen LogP contribution in [0.3, 0.4) is 0 Å². The van der Waals surface area contributed by atoms with Crippen LogP contribution < -0.4 is 5.73 Å². The van der Waals surface area contributed by atoms with Crippen LogP contribution in [0.5, 0.6) is 0 Å². The molecule has 2 N–H and O–H groups in total. The Morgan fingerprint density at radius 1 is 1.28 bits per heavy atom. The molecule has 1 aromatic carbocycles. The summed E-state index contributed by atoms with van der Waals surface area (Å²) in [5.74, 6) is 0.567. The molecular weight excluding hydrogens is 224 g/mol. The van der Waals surface area contributed by atoms with Gasteiger partial charge in [-0.25, -0.2) is 4.98 Å². The van der Waals surface area contributed by atoms with Crippen molar-refractivity contribution in [1.29, 1.82) is 0 Å². The molecule has 1 unspecified atom stereocenters. The van der Waals surface area contributed by atoms with Gasteiger partial charge in [0.25, 0.3) is 0 Å². The summed E-state index contributed by atoms with van der Waals surface area (Å²) in [5.41, 5.74) is 8.98. The zero-order valence-electron chi connectivity index (χ0n) is 10.6. The third-order valence-electron chi connectivity index (χ3n) is 3.48. The number of nitrogens with zero attached hydrogens (tertiary/aromatic N) is 3. The summed E-state index contributed by atoms with van der Waals surface area (Å²) in [6.45, 7) is 4.31. The lowest BCUT2D eigenvalue weighted by atomic mass is 10.1. The number of aromatic nitrogens is 3. The van der Waals surface area contributed by atoms with Gasteiger partial charge in [-0.15, -0.1) is 0 Å². The Morgan fingerprint density at radius 2 is 2.06 bits per heavy atom. The van der Waals surface area contributed by atoms with E-state index in [-0.39, 0.29) is 0 Å². The first-order valence-corrected chi connectivity index (χ1v) is 6.23. The number of anilines is 1. The normalized spacial score (nSPS) is 13.2. The molecule has 0 aliphatic heterocycles. The van der Waals surface area contributed by atoms with Crippen molar-refractivity contribution in [3.05, 3.63) is 30.5 Å². The van der Waals surface area contributed by atoms with Gasteiger partial charge in [-0.2, -0.15) is 0 Å². The highest BCUT2D eigenvalue weighted by molar-refractivity contribution is 6.02. The zero-order valence-corrected chi connectivity index (χ0v) is 10.6. The molecule has 2 aromatic heterocycles. The van der Waals surface area contributed by atoms with Gasteiger partial charge in [0.15, 0.2) is 0 Å². The molecule has 0 spiro atoms. The monoisotopic (exact) mass is 240 g/mol. The molecule has 92 valence electrons. The van der Waals surface area contributed by atoms with Gasteiger partial charge in [0.1, 0.15) is 5.52 Å². The quantitative estimate of drug-likeness (QED) is 0.748. The predicted octanol–water partition coefficient (Wildman–Crippen LogP) is 3.14. The number of nitrogen functional groups attached to an aromatic ring is 1. The molecule has 2 heterocycles.